The molecule has 1 fully saturated rings. The van der Waals surface area contributed by atoms with Crippen LogP contribution in [0.3, 0.4) is 0 Å². The Hall–Kier alpha value is -0.0800. The van der Waals surface area contributed by atoms with Crippen molar-refractivity contribution in [2.24, 2.45) is 17.7 Å². The Morgan fingerprint density at radius 2 is 2.33 bits per heavy atom. The fraction of sp³-hybridized carbons (Fsp3) is 1.00. The monoisotopic (exact) mass is 128 g/mol. The van der Waals surface area contributed by atoms with Crippen molar-refractivity contribution in [3.8, 4) is 0 Å². The number of hydrogen-bond acceptors (Lipinski definition) is 2. The van der Waals surface area contributed by atoms with Crippen LogP contribution < -0.4 is 11.3 Å². The lowest BCUT2D eigenvalue weighted by molar-refractivity contribution is 0.216. The van der Waals surface area contributed by atoms with Crippen LogP contribution >= 0.6 is 0 Å². The molecule has 0 aromatic heterocycles. The maximum absolute atomic E-state index is 5.20. The van der Waals surface area contributed by atoms with E-state index in [1.807, 2.05) is 0 Å². The van der Waals surface area contributed by atoms with Crippen LogP contribution in [0.2, 0.25) is 0 Å². The van der Waals surface area contributed by atoms with Crippen LogP contribution in [0, 0.1) is 11.8 Å². The molecule has 0 aliphatic heterocycles. The SMILES string of the molecule is CC(CNN)C1CCC1. The molecule has 0 spiro atoms. The van der Waals surface area contributed by atoms with Gasteiger partial charge in [0.15, 0.2) is 0 Å². The van der Waals surface area contributed by atoms with Crippen molar-refractivity contribution in [1.29, 1.82) is 0 Å². The number of rotatable bonds is 3. The normalized spacial score (nSPS) is 23.3. The maximum Gasteiger partial charge on any atom is 0.0126 e. The summed E-state index contributed by atoms with van der Waals surface area (Å²) >= 11 is 0. The smallest absolute Gasteiger partial charge is 0.0126 e. The second kappa shape index (κ2) is 3.18. The van der Waals surface area contributed by atoms with Crippen molar-refractivity contribution in [2.45, 2.75) is 26.2 Å². The molecular formula is C7H16N2. The molecule has 0 radical (unpaired) electrons. The van der Waals surface area contributed by atoms with E-state index in [9.17, 15) is 0 Å². The largest absolute Gasteiger partial charge is 0.271 e. The molecule has 54 valence electrons. The van der Waals surface area contributed by atoms with Gasteiger partial charge in [0.05, 0.1) is 0 Å². The van der Waals surface area contributed by atoms with E-state index in [1.165, 1.54) is 19.3 Å². The van der Waals surface area contributed by atoms with E-state index >= 15 is 0 Å². The van der Waals surface area contributed by atoms with Crippen LogP contribution in [-0.2, 0) is 0 Å². The Morgan fingerprint density at radius 1 is 1.67 bits per heavy atom. The lowest BCUT2D eigenvalue weighted by Gasteiger charge is -2.31. The van der Waals surface area contributed by atoms with Gasteiger partial charge in [0, 0.05) is 6.54 Å². The standard InChI is InChI=1S/C7H16N2/c1-6(5-9-8)7-3-2-4-7/h6-7,9H,2-5,8H2,1H3. The van der Waals surface area contributed by atoms with Crippen LogP contribution in [0.15, 0.2) is 0 Å². The molecule has 0 aromatic rings. The molecular weight excluding hydrogens is 112 g/mol. The molecule has 1 aliphatic carbocycles. The van der Waals surface area contributed by atoms with Gasteiger partial charge in [-0.2, -0.15) is 0 Å². The molecule has 1 rings (SSSR count). The fourth-order valence-electron chi connectivity index (χ4n) is 1.36. The highest BCUT2D eigenvalue weighted by Crippen LogP contribution is 2.32. The molecule has 0 bridgehead atoms. The third-order valence-electron chi connectivity index (χ3n) is 2.39. The highest BCUT2D eigenvalue weighted by Gasteiger charge is 2.22. The van der Waals surface area contributed by atoms with Crippen molar-refractivity contribution in [3.05, 3.63) is 0 Å². The average molecular weight is 128 g/mol. The topological polar surface area (TPSA) is 38.0 Å². The Kier molecular flexibility index (Phi) is 2.49. The molecule has 9 heavy (non-hydrogen) atoms. The Morgan fingerprint density at radius 3 is 2.67 bits per heavy atom. The van der Waals surface area contributed by atoms with Gasteiger partial charge in [-0.1, -0.05) is 26.2 Å². The molecule has 0 aromatic carbocycles. The molecule has 3 N–H and O–H groups in total. The van der Waals surface area contributed by atoms with Crippen molar-refractivity contribution in [3.63, 3.8) is 0 Å². The van der Waals surface area contributed by atoms with Gasteiger partial charge in [-0.25, -0.2) is 0 Å². The van der Waals surface area contributed by atoms with Crippen molar-refractivity contribution in [2.75, 3.05) is 6.54 Å². The first-order chi connectivity index (χ1) is 4.34. The van der Waals surface area contributed by atoms with Crippen LogP contribution in [0.25, 0.3) is 0 Å². The van der Waals surface area contributed by atoms with E-state index in [1.54, 1.807) is 0 Å². The molecule has 2 heteroatoms. The number of hydrogen-bond donors (Lipinski definition) is 2. The molecule has 0 heterocycles. The highest BCUT2D eigenvalue weighted by molar-refractivity contribution is 4.75. The van der Waals surface area contributed by atoms with Gasteiger partial charge in [0.25, 0.3) is 0 Å². The second-order valence-electron chi connectivity index (χ2n) is 3.08. The van der Waals surface area contributed by atoms with Crippen molar-refractivity contribution >= 4 is 0 Å². The summed E-state index contributed by atoms with van der Waals surface area (Å²) in [5.41, 5.74) is 2.72. The van der Waals surface area contributed by atoms with E-state index in [0.717, 1.165) is 18.4 Å². The lowest BCUT2D eigenvalue weighted by Crippen LogP contribution is -2.33. The molecule has 0 amide bonds. The Balaban J connectivity index is 2.08. The second-order valence-corrected chi connectivity index (χ2v) is 3.08. The van der Waals surface area contributed by atoms with Gasteiger partial charge in [0.2, 0.25) is 0 Å². The molecule has 0 saturated heterocycles. The lowest BCUT2D eigenvalue weighted by atomic mass is 9.77. The molecule has 1 aliphatic rings. The van der Waals surface area contributed by atoms with E-state index in [2.05, 4.69) is 12.3 Å². The van der Waals surface area contributed by atoms with Crippen LogP contribution in [0.1, 0.15) is 26.2 Å². The van der Waals surface area contributed by atoms with E-state index in [-0.39, 0.29) is 0 Å². The molecule has 2 nitrogen and oxygen atoms in total. The summed E-state index contributed by atoms with van der Waals surface area (Å²) in [4.78, 5) is 0. The highest BCUT2D eigenvalue weighted by atomic mass is 15.2. The zero-order valence-electron chi connectivity index (χ0n) is 6.06. The van der Waals surface area contributed by atoms with Crippen molar-refractivity contribution in [1.82, 2.24) is 5.43 Å². The van der Waals surface area contributed by atoms with Gasteiger partial charge >= 0.3 is 0 Å². The average Bonchev–Trinajstić information content (AvgIpc) is 1.60. The summed E-state index contributed by atoms with van der Waals surface area (Å²) in [6.45, 7) is 3.24. The zero-order chi connectivity index (χ0) is 6.69. The third kappa shape index (κ3) is 1.66. The minimum absolute atomic E-state index is 0.781. The Bertz CT molecular complexity index is 79.0. The zero-order valence-corrected chi connectivity index (χ0v) is 6.06. The first kappa shape index (κ1) is 7.03. The summed E-state index contributed by atoms with van der Waals surface area (Å²) in [5, 5.41) is 0. The summed E-state index contributed by atoms with van der Waals surface area (Å²) in [6, 6.07) is 0. The van der Waals surface area contributed by atoms with Gasteiger partial charge in [-0.05, 0) is 11.8 Å². The van der Waals surface area contributed by atoms with E-state index in [0.29, 0.717) is 0 Å². The molecule has 1 atom stereocenters. The first-order valence-electron chi connectivity index (χ1n) is 3.78. The van der Waals surface area contributed by atoms with E-state index in [4.69, 9.17) is 5.84 Å². The van der Waals surface area contributed by atoms with Crippen LogP contribution in [0.4, 0.5) is 0 Å². The van der Waals surface area contributed by atoms with Gasteiger partial charge in [0.1, 0.15) is 0 Å². The van der Waals surface area contributed by atoms with E-state index < -0.39 is 0 Å². The molecule has 1 saturated carbocycles. The summed E-state index contributed by atoms with van der Waals surface area (Å²) in [6.07, 6.45) is 4.27. The minimum atomic E-state index is 0.781. The number of hydrazine groups is 1. The van der Waals surface area contributed by atoms with Gasteiger partial charge in [-0.15, -0.1) is 0 Å². The predicted octanol–water partition coefficient (Wildman–Crippen LogP) is 0.886. The van der Waals surface area contributed by atoms with Gasteiger partial charge in [-0.3, -0.25) is 11.3 Å². The summed E-state index contributed by atoms with van der Waals surface area (Å²) in [7, 11) is 0. The van der Waals surface area contributed by atoms with Gasteiger partial charge < -0.3 is 0 Å². The van der Waals surface area contributed by atoms with Crippen LogP contribution in [0.5, 0.6) is 0 Å². The molecule has 1 unspecified atom stereocenters. The minimum Gasteiger partial charge on any atom is -0.271 e. The van der Waals surface area contributed by atoms with Crippen molar-refractivity contribution < 1.29 is 0 Å². The number of nitrogens with two attached hydrogens (primary N) is 1. The summed E-state index contributed by atoms with van der Waals surface area (Å²) < 4.78 is 0. The Labute approximate surface area is 56.8 Å². The fourth-order valence-corrected chi connectivity index (χ4v) is 1.36. The quantitative estimate of drug-likeness (QED) is 0.437. The number of nitrogens with one attached hydrogen (secondary N) is 1. The maximum atomic E-state index is 5.20. The van der Waals surface area contributed by atoms with Crippen LogP contribution in [-0.4, -0.2) is 6.54 Å². The predicted molar refractivity (Wildman–Crippen MR) is 38.7 cm³/mol. The summed E-state index contributed by atoms with van der Waals surface area (Å²) in [5.74, 6) is 6.94. The first-order valence-corrected chi connectivity index (χ1v) is 3.78. The third-order valence-corrected chi connectivity index (χ3v) is 2.39.